The summed E-state index contributed by atoms with van der Waals surface area (Å²) in [5, 5.41) is 0. The average molecular weight is 644 g/mol. The minimum Gasteiger partial charge on any atom is -0.234 e. The number of hydrogen-bond donors (Lipinski definition) is 0. The van der Waals surface area contributed by atoms with E-state index in [1.807, 2.05) is 0 Å². The maximum atomic E-state index is 2.64. The van der Waals surface area contributed by atoms with Crippen LogP contribution in [0.1, 0.15) is 251 Å². The van der Waals surface area contributed by atoms with Crippen LogP contribution in [0, 0.1) is 0 Å². The van der Waals surface area contributed by atoms with E-state index in [1.54, 1.807) is 5.82 Å². The quantitative estimate of drug-likeness (QED) is 0.0501. The lowest BCUT2D eigenvalue weighted by Gasteiger charge is -2.07. The summed E-state index contributed by atoms with van der Waals surface area (Å²) in [7, 11) is 0. The standard InChI is InChI=1S/C44H87N2/c1-4-7-10-13-16-18-20-22-23-24-25-27-29-32-35-38-41-46-43-42-45(44(46)39-36-33-30-15-12-9-6-3)40-37-34-31-28-26-21-19-17-14-11-8-5-2/h42-43H,4-41H2,1-3H3/q+1. The van der Waals surface area contributed by atoms with Gasteiger partial charge in [0.2, 0.25) is 0 Å². The van der Waals surface area contributed by atoms with Crippen LogP contribution in [-0.2, 0) is 19.5 Å². The molecule has 0 unspecified atom stereocenters. The van der Waals surface area contributed by atoms with E-state index in [2.05, 4.69) is 42.3 Å². The Kier molecular flexibility index (Phi) is 33.4. The van der Waals surface area contributed by atoms with Crippen LogP contribution in [0.15, 0.2) is 12.4 Å². The molecule has 2 nitrogen and oxygen atoms in total. The van der Waals surface area contributed by atoms with Crippen molar-refractivity contribution in [3.05, 3.63) is 18.2 Å². The summed E-state index contributed by atoms with van der Waals surface area (Å²) in [5.41, 5.74) is 0. The number of aryl methyl sites for hydroxylation is 2. The maximum Gasteiger partial charge on any atom is 0.256 e. The van der Waals surface area contributed by atoms with Crippen molar-refractivity contribution < 1.29 is 4.57 Å². The molecule has 0 spiro atoms. The summed E-state index contributed by atoms with van der Waals surface area (Å²) in [6, 6.07) is 0. The van der Waals surface area contributed by atoms with Gasteiger partial charge < -0.3 is 0 Å². The highest BCUT2D eigenvalue weighted by Gasteiger charge is 2.16. The number of nitrogens with zero attached hydrogens (tertiary/aromatic N) is 2. The predicted octanol–water partition coefficient (Wildman–Crippen LogP) is 15.0. The van der Waals surface area contributed by atoms with Crippen LogP contribution in [0.4, 0.5) is 0 Å². The Balaban J connectivity index is 2.21. The van der Waals surface area contributed by atoms with Gasteiger partial charge in [-0.25, -0.2) is 9.13 Å². The topological polar surface area (TPSA) is 8.81 Å². The van der Waals surface area contributed by atoms with Gasteiger partial charge in [0.15, 0.2) is 0 Å². The van der Waals surface area contributed by atoms with Gasteiger partial charge in [-0.15, -0.1) is 0 Å². The molecule has 1 aromatic heterocycles. The van der Waals surface area contributed by atoms with E-state index in [0.717, 1.165) is 0 Å². The summed E-state index contributed by atoms with van der Waals surface area (Å²) in [6.07, 6.45) is 56.4. The van der Waals surface area contributed by atoms with Gasteiger partial charge in [0.25, 0.3) is 5.82 Å². The summed E-state index contributed by atoms with van der Waals surface area (Å²) < 4.78 is 5.28. The maximum absolute atomic E-state index is 2.64. The van der Waals surface area contributed by atoms with E-state index in [1.165, 1.54) is 244 Å². The highest BCUT2D eigenvalue weighted by molar-refractivity contribution is 4.84. The lowest BCUT2D eigenvalue weighted by Crippen LogP contribution is -2.37. The van der Waals surface area contributed by atoms with Crippen molar-refractivity contribution in [2.75, 3.05) is 0 Å². The summed E-state index contributed by atoms with van der Waals surface area (Å²) in [6.45, 7) is 9.41. The van der Waals surface area contributed by atoms with Crippen molar-refractivity contribution in [1.29, 1.82) is 0 Å². The molecular weight excluding hydrogens is 556 g/mol. The smallest absolute Gasteiger partial charge is 0.234 e. The molecule has 0 aliphatic rings. The fraction of sp³-hybridized carbons (Fsp3) is 0.932. The van der Waals surface area contributed by atoms with Crippen molar-refractivity contribution in [2.24, 2.45) is 0 Å². The fourth-order valence-corrected chi connectivity index (χ4v) is 7.39. The molecule has 0 bridgehead atoms. The first kappa shape index (κ1) is 43.2. The van der Waals surface area contributed by atoms with Gasteiger partial charge >= 0.3 is 0 Å². The number of hydrogen-bond acceptors (Lipinski definition) is 0. The van der Waals surface area contributed by atoms with Gasteiger partial charge in [0.1, 0.15) is 12.4 Å². The molecule has 2 heteroatoms. The van der Waals surface area contributed by atoms with Crippen molar-refractivity contribution in [2.45, 2.75) is 265 Å². The highest BCUT2D eigenvalue weighted by atomic mass is 15.1. The average Bonchev–Trinajstić information content (AvgIpc) is 3.45. The van der Waals surface area contributed by atoms with E-state index in [-0.39, 0.29) is 0 Å². The zero-order valence-electron chi connectivity index (χ0n) is 32.4. The van der Waals surface area contributed by atoms with E-state index in [0.29, 0.717) is 0 Å². The van der Waals surface area contributed by atoms with Crippen LogP contribution in [0.25, 0.3) is 0 Å². The Bertz CT molecular complexity index is 707. The van der Waals surface area contributed by atoms with Gasteiger partial charge in [-0.3, -0.25) is 0 Å². The van der Waals surface area contributed by atoms with E-state index in [9.17, 15) is 0 Å². The number of rotatable bonds is 38. The molecule has 0 N–H and O–H groups in total. The normalized spacial score (nSPS) is 11.6. The summed E-state index contributed by atoms with van der Waals surface area (Å²) in [4.78, 5) is 0. The van der Waals surface area contributed by atoms with Gasteiger partial charge in [-0.2, -0.15) is 0 Å². The number of aromatic nitrogens is 2. The lowest BCUT2D eigenvalue weighted by molar-refractivity contribution is -0.704. The second-order valence-electron chi connectivity index (χ2n) is 15.2. The Morgan fingerprint density at radius 3 is 1.04 bits per heavy atom. The van der Waals surface area contributed by atoms with Crippen LogP contribution in [-0.4, -0.2) is 4.57 Å². The molecule has 272 valence electrons. The molecule has 0 aliphatic heterocycles. The first-order valence-corrected chi connectivity index (χ1v) is 21.9. The van der Waals surface area contributed by atoms with E-state index in [4.69, 9.17) is 0 Å². The third-order valence-corrected chi connectivity index (χ3v) is 10.6. The monoisotopic (exact) mass is 644 g/mol. The molecule has 0 radical (unpaired) electrons. The largest absolute Gasteiger partial charge is 0.256 e. The van der Waals surface area contributed by atoms with Crippen molar-refractivity contribution in [3.8, 4) is 0 Å². The second kappa shape index (κ2) is 35.5. The molecule has 0 amide bonds. The van der Waals surface area contributed by atoms with Crippen LogP contribution >= 0.6 is 0 Å². The molecule has 1 aromatic rings. The molecule has 0 atom stereocenters. The highest BCUT2D eigenvalue weighted by Crippen LogP contribution is 2.16. The van der Waals surface area contributed by atoms with E-state index < -0.39 is 0 Å². The number of imidazole rings is 1. The molecule has 1 heterocycles. The first-order chi connectivity index (χ1) is 22.8. The third kappa shape index (κ3) is 27.2. The SMILES string of the molecule is CCCCCCCCCCCCCCCCCC[n+]1ccn(CCCCCCCCCCCCCC)c1CCCCCCCCC. The van der Waals surface area contributed by atoms with Gasteiger partial charge in [-0.05, 0) is 32.1 Å². The Morgan fingerprint density at radius 2 is 0.674 bits per heavy atom. The van der Waals surface area contributed by atoms with Gasteiger partial charge in [-0.1, -0.05) is 213 Å². The fourth-order valence-electron chi connectivity index (χ4n) is 7.39. The van der Waals surface area contributed by atoms with Crippen molar-refractivity contribution in [3.63, 3.8) is 0 Å². The molecule has 46 heavy (non-hydrogen) atoms. The zero-order chi connectivity index (χ0) is 33.0. The first-order valence-electron chi connectivity index (χ1n) is 21.9. The Morgan fingerprint density at radius 1 is 0.370 bits per heavy atom. The minimum atomic E-state index is 1.23. The number of unbranched alkanes of at least 4 members (excludes halogenated alkanes) is 32. The van der Waals surface area contributed by atoms with Crippen LogP contribution in [0.5, 0.6) is 0 Å². The molecule has 0 aliphatic carbocycles. The lowest BCUT2D eigenvalue weighted by atomic mass is 10.0. The summed E-state index contributed by atoms with van der Waals surface area (Å²) >= 11 is 0. The van der Waals surface area contributed by atoms with Crippen LogP contribution < -0.4 is 4.57 Å². The van der Waals surface area contributed by atoms with E-state index >= 15 is 0 Å². The van der Waals surface area contributed by atoms with Crippen molar-refractivity contribution in [1.82, 2.24) is 4.57 Å². The molecule has 0 saturated carbocycles. The Labute approximate surface area is 291 Å². The second-order valence-corrected chi connectivity index (χ2v) is 15.2. The molecule has 0 saturated heterocycles. The minimum absolute atomic E-state index is 1.23. The van der Waals surface area contributed by atoms with Crippen LogP contribution in [0.3, 0.4) is 0 Å². The zero-order valence-corrected chi connectivity index (χ0v) is 32.4. The van der Waals surface area contributed by atoms with Crippen molar-refractivity contribution >= 4 is 0 Å². The molecule has 1 rings (SSSR count). The molecule has 0 aromatic carbocycles. The van der Waals surface area contributed by atoms with Crippen LogP contribution in [0.2, 0.25) is 0 Å². The third-order valence-electron chi connectivity index (χ3n) is 10.6. The predicted molar refractivity (Wildman–Crippen MR) is 207 cm³/mol. The Hall–Kier alpha value is -0.790. The summed E-state index contributed by atoms with van der Waals surface area (Å²) in [5.74, 6) is 1.62. The molecule has 0 fully saturated rings. The molecular formula is C44H87N2+. The van der Waals surface area contributed by atoms with Gasteiger partial charge in [0.05, 0.1) is 13.1 Å². The van der Waals surface area contributed by atoms with Gasteiger partial charge in [0, 0.05) is 6.42 Å².